The summed E-state index contributed by atoms with van der Waals surface area (Å²) in [5, 5.41) is 6.48. The van der Waals surface area contributed by atoms with Crippen LogP contribution in [0.5, 0.6) is 0 Å². The zero-order valence-corrected chi connectivity index (χ0v) is 19.0. The second kappa shape index (κ2) is 9.17. The maximum Gasteiger partial charge on any atom is 0.247 e. The van der Waals surface area contributed by atoms with Gasteiger partial charge in [-0.15, -0.1) is 0 Å². The Morgan fingerprint density at radius 2 is 1.27 bits per heavy atom. The molecule has 30 heavy (non-hydrogen) atoms. The second-order valence-corrected chi connectivity index (χ2v) is 8.13. The molecule has 1 aromatic heterocycles. The Bertz CT molecular complexity index is 1100. The largest absolute Gasteiger partial charge is 0.247 e. The number of benzene rings is 3. The summed E-state index contributed by atoms with van der Waals surface area (Å²) in [6.07, 6.45) is 0. The molecule has 0 atom stereocenters. The third-order valence-electron chi connectivity index (χ3n) is 4.70. The fourth-order valence-corrected chi connectivity index (χ4v) is 3.47. The standard InChI is InChI=1S/C25H21IN4/c1-18(19-13-15-22(26)16-14-19)29-30(2)25-27-23(20-9-5-3-6-10-20)17-24(28-25)21-11-7-4-8-12-21/h3-17H,1-2H3/b29-18+. The number of aromatic nitrogens is 2. The van der Waals surface area contributed by atoms with Crippen LogP contribution in [0, 0.1) is 3.57 Å². The molecule has 4 aromatic rings. The molecule has 0 unspecified atom stereocenters. The molecule has 0 amide bonds. The number of anilines is 1. The third-order valence-corrected chi connectivity index (χ3v) is 5.42. The van der Waals surface area contributed by atoms with E-state index in [1.165, 1.54) is 3.57 Å². The molecule has 0 saturated carbocycles. The molecule has 148 valence electrons. The van der Waals surface area contributed by atoms with Gasteiger partial charge in [-0.25, -0.2) is 15.0 Å². The minimum atomic E-state index is 0.556. The van der Waals surface area contributed by atoms with E-state index >= 15 is 0 Å². The summed E-state index contributed by atoms with van der Waals surface area (Å²) < 4.78 is 1.20. The molecular formula is C25H21IN4. The van der Waals surface area contributed by atoms with E-state index in [1.807, 2.05) is 56.4 Å². The van der Waals surface area contributed by atoms with E-state index in [9.17, 15) is 0 Å². The summed E-state index contributed by atoms with van der Waals surface area (Å²) in [6, 6.07) is 30.6. The monoisotopic (exact) mass is 504 g/mol. The zero-order valence-electron chi connectivity index (χ0n) is 16.8. The van der Waals surface area contributed by atoms with Crippen molar-refractivity contribution in [2.45, 2.75) is 6.92 Å². The summed E-state index contributed by atoms with van der Waals surface area (Å²) in [6.45, 7) is 2.00. The van der Waals surface area contributed by atoms with Gasteiger partial charge in [0, 0.05) is 21.7 Å². The van der Waals surface area contributed by atoms with Crippen molar-refractivity contribution in [1.29, 1.82) is 0 Å². The molecule has 0 bridgehead atoms. The van der Waals surface area contributed by atoms with Gasteiger partial charge in [0.25, 0.3) is 0 Å². The lowest BCUT2D eigenvalue weighted by Gasteiger charge is -2.15. The van der Waals surface area contributed by atoms with Crippen LogP contribution in [0.3, 0.4) is 0 Å². The van der Waals surface area contributed by atoms with Crippen molar-refractivity contribution in [2.24, 2.45) is 5.10 Å². The van der Waals surface area contributed by atoms with Crippen LogP contribution in [0.25, 0.3) is 22.5 Å². The Kier molecular flexibility index (Phi) is 6.18. The van der Waals surface area contributed by atoms with Gasteiger partial charge in [-0.2, -0.15) is 5.10 Å². The highest BCUT2D eigenvalue weighted by atomic mass is 127. The van der Waals surface area contributed by atoms with Crippen molar-refractivity contribution in [1.82, 2.24) is 9.97 Å². The van der Waals surface area contributed by atoms with Gasteiger partial charge < -0.3 is 0 Å². The van der Waals surface area contributed by atoms with E-state index in [4.69, 9.17) is 15.1 Å². The molecule has 4 nitrogen and oxygen atoms in total. The van der Waals surface area contributed by atoms with Crippen LogP contribution in [0.15, 0.2) is 96.1 Å². The predicted molar refractivity (Wildman–Crippen MR) is 133 cm³/mol. The molecule has 0 radical (unpaired) electrons. The number of halogens is 1. The van der Waals surface area contributed by atoms with Gasteiger partial charge in [-0.1, -0.05) is 72.8 Å². The number of nitrogens with zero attached hydrogens (tertiary/aromatic N) is 4. The van der Waals surface area contributed by atoms with E-state index in [0.717, 1.165) is 33.8 Å². The normalized spacial score (nSPS) is 11.4. The van der Waals surface area contributed by atoms with Crippen molar-refractivity contribution < 1.29 is 0 Å². The van der Waals surface area contributed by atoms with E-state index < -0.39 is 0 Å². The van der Waals surface area contributed by atoms with Gasteiger partial charge >= 0.3 is 0 Å². The lowest BCUT2D eigenvalue weighted by atomic mass is 10.1. The topological polar surface area (TPSA) is 41.4 Å². The van der Waals surface area contributed by atoms with Gasteiger partial charge in [-0.05, 0) is 53.3 Å². The number of hydrogen-bond acceptors (Lipinski definition) is 4. The fraction of sp³-hybridized carbons (Fsp3) is 0.0800. The van der Waals surface area contributed by atoms with Gasteiger partial charge in [0.1, 0.15) is 0 Å². The number of hydrazone groups is 1. The molecule has 0 spiro atoms. The summed E-state index contributed by atoms with van der Waals surface area (Å²) in [4.78, 5) is 9.59. The van der Waals surface area contributed by atoms with Crippen LogP contribution in [0.1, 0.15) is 12.5 Å². The first-order chi connectivity index (χ1) is 14.6. The quantitative estimate of drug-likeness (QED) is 0.183. The maximum absolute atomic E-state index is 4.80. The minimum Gasteiger partial charge on any atom is -0.235 e. The van der Waals surface area contributed by atoms with Crippen molar-refractivity contribution >= 4 is 34.3 Å². The van der Waals surface area contributed by atoms with Gasteiger partial charge in [0.2, 0.25) is 5.95 Å². The minimum absolute atomic E-state index is 0.556. The van der Waals surface area contributed by atoms with E-state index in [2.05, 4.69) is 71.1 Å². The first kappa shape index (κ1) is 20.2. The average molecular weight is 504 g/mol. The Morgan fingerprint density at radius 3 is 1.77 bits per heavy atom. The first-order valence-electron chi connectivity index (χ1n) is 9.65. The Morgan fingerprint density at radius 1 is 0.767 bits per heavy atom. The summed E-state index contributed by atoms with van der Waals surface area (Å²) in [5.41, 5.74) is 5.81. The van der Waals surface area contributed by atoms with Crippen molar-refractivity contribution in [3.63, 3.8) is 0 Å². The molecule has 1 heterocycles. The smallest absolute Gasteiger partial charge is 0.235 e. The summed E-state index contributed by atoms with van der Waals surface area (Å²) in [7, 11) is 1.88. The number of hydrogen-bond donors (Lipinski definition) is 0. The first-order valence-corrected chi connectivity index (χ1v) is 10.7. The Balaban J connectivity index is 1.76. The summed E-state index contributed by atoms with van der Waals surface area (Å²) >= 11 is 2.30. The van der Waals surface area contributed by atoms with Crippen LogP contribution in [0.2, 0.25) is 0 Å². The molecule has 0 N–H and O–H groups in total. The number of rotatable bonds is 5. The molecule has 0 saturated heterocycles. The Labute approximate surface area is 190 Å². The highest BCUT2D eigenvalue weighted by molar-refractivity contribution is 14.1. The van der Waals surface area contributed by atoms with Crippen molar-refractivity contribution in [3.05, 3.63) is 100 Å². The SMILES string of the molecule is C/C(=N\N(C)c1nc(-c2ccccc2)cc(-c2ccccc2)n1)c1ccc(I)cc1. The molecular weight excluding hydrogens is 483 g/mol. The molecule has 5 heteroatoms. The fourth-order valence-electron chi connectivity index (χ4n) is 3.11. The lowest BCUT2D eigenvalue weighted by Crippen LogP contribution is -2.16. The highest BCUT2D eigenvalue weighted by Crippen LogP contribution is 2.26. The van der Waals surface area contributed by atoms with Crippen LogP contribution >= 0.6 is 22.6 Å². The highest BCUT2D eigenvalue weighted by Gasteiger charge is 2.12. The predicted octanol–water partition coefficient (Wildman–Crippen LogP) is 6.28. The van der Waals surface area contributed by atoms with Crippen LogP contribution < -0.4 is 5.01 Å². The molecule has 0 fully saturated rings. The van der Waals surface area contributed by atoms with Gasteiger partial charge in [0.05, 0.1) is 17.1 Å². The average Bonchev–Trinajstić information content (AvgIpc) is 2.80. The molecule has 0 aliphatic heterocycles. The van der Waals surface area contributed by atoms with E-state index in [0.29, 0.717) is 5.95 Å². The molecule has 4 rings (SSSR count). The van der Waals surface area contributed by atoms with E-state index in [-0.39, 0.29) is 0 Å². The molecule has 0 aliphatic rings. The maximum atomic E-state index is 4.80. The van der Waals surface area contributed by atoms with Crippen molar-refractivity contribution in [2.75, 3.05) is 12.1 Å². The van der Waals surface area contributed by atoms with Crippen LogP contribution in [0.4, 0.5) is 5.95 Å². The van der Waals surface area contributed by atoms with Gasteiger partial charge in [0.15, 0.2) is 0 Å². The summed E-state index contributed by atoms with van der Waals surface area (Å²) in [5.74, 6) is 0.556. The molecule has 0 aliphatic carbocycles. The zero-order chi connectivity index (χ0) is 20.9. The lowest BCUT2D eigenvalue weighted by molar-refractivity contribution is 0.932. The molecule has 3 aromatic carbocycles. The van der Waals surface area contributed by atoms with Crippen LogP contribution in [-0.2, 0) is 0 Å². The Hall–Kier alpha value is -3.06. The second-order valence-electron chi connectivity index (χ2n) is 6.89. The van der Waals surface area contributed by atoms with Crippen molar-refractivity contribution in [3.8, 4) is 22.5 Å². The van der Waals surface area contributed by atoms with Crippen LogP contribution in [-0.4, -0.2) is 22.7 Å². The van der Waals surface area contributed by atoms with E-state index in [1.54, 1.807) is 5.01 Å². The van der Waals surface area contributed by atoms with Gasteiger partial charge in [-0.3, -0.25) is 0 Å². The third kappa shape index (κ3) is 4.74.